The van der Waals surface area contributed by atoms with Crippen molar-refractivity contribution in [2.45, 2.75) is 73.3 Å². The number of rotatable bonds is 11. The fraction of sp³-hybridized carbons (Fsp3) is 0.407. The van der Waals surface area contributed by atoms with E-state index in [1.54, 1.807) is 6.20 Å². The number of nitrogens with zero attached hydrogens (tertiary/aromatic N) is 1. The number of aliphatic hydroxyl groups is 1. The van der Waals surface area contributed by atoms with Gasteiger partial charge < -0.3 is 10.4 Å². The van der Waals surface area contributed by atoms with Crippen molar-refractivity contribution >= 4 is 17.8 Å². The van der Waals surface area contributed by atoms with Crippen LogP contribution in [0.25, 0.3) is 6.08 Å². The third-order valence-corrected chi connectivity index (χ3v) is 4.94. The molecule has 0 saturated carbocycles. The number of hydrogen-bond donors (Lipinski definition) is 2. The minimum Gasteiger partial charge on any atom is -0.388 e. The molecular weight excluding hydrogens is 384 g/mol. The van der Waals surface area contributed by atoms with Crippen molar-refractivity contribution in [1.29, 1.82) is 0 Å². The van der Waals surface area contributed by atoms with Crippen molar-refractivity contribution in [3.8, 4) is 0 Å². The number of amides is 1. The van der Waals surface area contributed by atoms with E-state index in [2.05, 4.69) is 55.0 Å². The first-order chi connectivity index (χ1) is 14.7. The van der Waals surface area contributed by atoms with Crippen LogP contribution in [0.1, 0.15) is 71.4 Å². The molecule has 0 aliphatic heterocycles. The van der Waals surface area contributed by atoms with E-state index in [9.17, 15) is 9.90 Å². The van der Waals surface area contributed by atoms with Crippen LogP contribution < -0.4 is 5.32 Å². The van der Waals surface area contributed by atoms with Gasteiger partial charge in [0.05, 0.1) is 6.10 Å². The zero-order chi connectivity index (χ0) is 23.4. The molecule has 4 nitrogen and oxygen atoms in total. The van der Waals surface area contributed by atoms with Gasteiger partial charge in [-0.2, -0.15) is 0 Å². The summed E-state index contributed by atoms with van der Waals surface area (Å²) in [5, 5.41) is 13.0. The lowest BCUT2D eigenvalue weighted by Crippen LogP contribution is -2.08. The van der Waals surface area contributed by atoms with Crippen LogP contribution in [-0.4, -0.2) is 22.1 Å². The highest BCUT2D eigenvalue weighted by atomic mass is 16.3. The molecular formula is C27H38N2O2. The number of hydrogen-bond acceptors (Lipinski definition) is 3. The van der Waals surface area contributed by atoms with E-state index < -0.39 is 6.10 Å². The van der Waals surface area contributed by atoms with Gasteiger partial charge in [0.2, 0.25) is 5.91 Å². The summed E-state index contributed by atoms with van der Waals surface area (Å²) in [7, 11) is 0. The number of aromatic nitrogens is 1. The first-order valence-electron chi connectivity index (χ1n) is 11.1. The molecule has 1 aromatic heterocycles. The van der Waals surface area contributed by atoms with Gasteiger partial charge in [-0.05, 0) is 79.2 Å². The highest BCUT2D eigenvalue weighted by molar-refractivity contribution is 5.87. The fourth-order valence-electron chi connectivity index (χ4n) is 3.26. The van der Waals surface area contributed by atoms with Crippen LogP contribution in [0.5, 0.6) is 0 Å². The Morgan fingerprint density at radius 2 is 2.00 bits per heavy atom. The zero-order valence-electron chi connectivity index (χ0n) is 20.0. The largest absolute Gasteiger partial charge is 0.388 e. The number of allylic oxidation sites excluding steroid dienone is 6. The van der Waals surface area contributed by atoms with Crippen LogP contribution in [0.3, 0.4) is 0 Å². The van der Waals surface area contributed by atoms with Crippen molar-refractivity contribution in [2.75, 3.05) is 5.32 Å². The number of aliphatic hydroxyl groups excluding tert-OH is 1. The van der Waals surface area contributed by atoms with Crippen LogP contribution in [0.4, 0.5) is 5.82 Å². The second-order valence-corrected chi connectivity index (χ2v) is 7.81. The van der Waals surface area contributed by atoms with Crippen molar-refractivity contribution in [3.05, 3.63) is 76.6 Å². The number of pyridine rings is 1. The molecule has 1 heterocycles. The molecule has 0 bridgehead atoms. The van der Waals surface area contributed by atoms with Crippen LogP contribution in [-0.2, 0) is 4.79 Å². The lowest BCUT2D eigenvalue weighted by Gasteiger charge is -2.14. The number of nitrogens with one attached hydrogen (secondary N) is 1. The molecule has 1 aromatic rings. The molecule has 0 spiro atoms. The van der Waals surface area contributed by atoms with Crippen molar-refractivity contribution in [2.24, 2.45) is 0 Å². The van der Waals surface area contributed by atoms with Crippen LogP contribution in [0.2, 0.25) is 0 Å². The number of anilines is 1. The SMILES string of the molecule is C=C(\C=C(C)/C(=C\C)C(/C=C/CCC)=C/c1cnc(NC(C)=O)cc1C)C(O)CCC. The third kappa shape index (κ3) is 8.89. The Kier molecular flexibility index (Phi) is 11.5. The van der Waals surface area contributed by atoms with E-state index in [1.807, 2.05) is 32.9 Å². The van der Waals surface area contributed by atoms with E-state index in [4.69, 9.17) is 0 Å². The molecule has 4 heteroatoms. The molecule has 1 atom stereocenters. The molecule has 0 aromatic carbocycles. The number of carbonyl (C=O) groups is 1. The van der Waals surface area contributed by atoms with Crippen molar-refractivity contribution in [1.82, 2.24) is 4.98 Å². The van der Waals surface area contributed by atoms with E-state index in [0.29, 0.717) is 12.2 Å². The third-order valence-electron chi connectivity index (χ3n) is 4.94. The second-order valence-electron chi connectivity index (χ2n) is 7.81. The lowest BCUT2D eigenvalue weighted by molar-refractivity contribution is -0.114. The topological polar surface area (TPSA) is 62.2 Å². The molecule has 0 fully saturated rings. The maximum absolute atomic E-state index is 11.3. The first-order valence-corrected chi connectivity index (χ1v) is 11.1. The molecule has 0 radical (unpaired) electrons. The predicted octanol–water partition coefficient (Wildman–Crippen LogP) is 6.70. The average Bonchev–Trinajstić information content (AvgIpc) is 2.70. The fourth-order valence-corrected chi connectivity index (χ4v) is 3.26. The van der Waals surface area contributed by atoms with E-state index >= 15 is 0 Å². The molecule has 168 valence electrons. The van der Waals surface area contributed by atoms with Gasteiger partial charge in [-0.15, -0.1) is 0 Å². The van der Waals surface area contributed by atoms with Gasteiger partial charge in [-0.25, -0.2) is 4.98 Å². The smallest absolute Gasteiger partial charge is 0.222 e. The summed E-state index contributed by atoms with van der Waals surface area (Å²) in [4.78, 5) is 15.7. The molecule has 0 aliphatic rings. The van der Waals surface area contributed by atoms with Gasteiger partial charge >= 0.3 is 0 Å². The second kappa shape index (κ2) is 13.6. The number of unbranched alkanes of at least 4 members (excludes halogenated alkanes) is 1. The predicted molar refractivity (Wildman–Crippen MR) is 133 cm³/mol. The monoisotopic (exact) mass is 422 g/mol. The highest BCUT2D eigenvalue weighted by Crippen LogP contribution is 2.26. The summed E-state index contributed by atoms with van der Waals surface area (Å²) in [6, 6.07) is 1.88. The van der Waals surface area contributed by atoms with Gasteiger partial charge in [0, 0.05) is 13.1 Å². The molecule has 1 amide bonds. The van der Waals surface area contributed by atoms with Crippen LogP contribution >= 0.6 is 0 Å². The first kappa shape index (κ1) is 26.3. The summed E-state index contributed by atoms with van der Waals surface area (Å²) < 4.78 is 0. The maximum Gasteiger partial charge on any atom is 0.222 e. The molecule has 0 aliphatic carbocycles. The Morgan fingerprint density at radius 1 is 1.29 bits per heavy atom. The highest BCUT2D eigenvalue weighted by Gasteiger charge is 2.10. The molecule has 2 N–H and O–H groups in total. The Hall–Kier alpha value is -2.72. The Labute approximate surface area is 188 Å². The quantitative estimate of drug-likeness (QED) is 0.390. The van der Waals surface area contributed by atoms with Crippen molar-refractivity contribution in [3.63, 3.8) is 0 Å². The number of aryl methyl sites for hydroxylation is 1. The Bertz CT molecular complexity index is 888. The standard InChI is InChI=1S/C27H38N2O2/c1-8-11-12-14-23(17-24-18-28-27(16-19(24)4)29-22(7)30)25(10-3)20(5)15-21(6)26(31)13-9-2/h10,12,14-18,26,31H,6,8-9,11,13H2,1-5,7H3,(H,28,29,30)/b14-12+,20-15-,23-17+,25-10+. The summed E-state index contributed by atoms with van der Waals surface area (Å²) in [6.45, 7) is 15.8. The summed E-state index contributed by atoms with van der Waals surface area (Å²) in [5.41, 5.74) is 5.95. The lowest BCUT2D eigenvalue weighted by atomic mass is 9.93. The Balaban J connectivity index is 3.37. The van der Waals surface area contributed by atoms with E-state index in [0.717, 1.165) is 52.7 Å². The maximum atomic E-state index is 11.3. The van der Waals surface area contributed by atoms with E-state index in [1.165, 1.54) is 6.92 Å². The summed E-state index contributed by atoms with van der Waals surface area (Å²) in [5.74, 6) is 0.412. The number of carbonyl (C=O) groups excluding carboxylic acids is 1. The van der Waals surface area contributed by atoms with Crippen LogP contribution in [0, 0.1) is 6.92 Å². The normalized spacial score (nSPS) is 14.1. The molecule has 31 heavy (non-hydrogen) atoms. The summed E-state index contributed by atoms with van der Waals surface area (Å²) >= 11 is 0. The summed E-state index contributed by atoms with van der Waals surface area (Å²) in [6.07, 6.45) is 15.5. The van der Waals surface area contributed by atoms with Gasteiger partial charge in [0.15, 0.2) is 0 Å². The average molecular weight is 423 g/mol. The van der Waals surface area contributed by atoms with Crippen molar-refractivity contribution < 1.29 is 9.90 Å². The Morgan fingerprint density at radius 3 is 2.55 bits per heavy atom. The molecule has 0 saturated heterocycles. The van der Waals surface area contributed by atoms with Gasteiger partial charge in [-0.3, -0.25) is 4.79 Å². The minimum absolute atomic E-state index is 0.138. The molecule has 1 rings (SSSR count). The van der Waals surface area contributed by atoms with Crippen LogP contribution in [0.15, 0.2) is 65.4 Å². The van der Waals surface area contributed by atoms with E-state index in [-0.39, 0.29) is 5.91 Å². The van der Waals surface area contributed by atoms with Gasteiger partial charge in [0.1, 0.15) is 5.82 Å². The van der Waals surface area contributed by atoms with Gasteiger partial charge in [-0.1, -0.05) is 57.6 Å². The minimum atomic E-state index is -0.520. The zero-order valence-corrected chi connectivity index (χ0v) is 20.0. The molecule has 1 unspecified atom stereocenters. The van der Waals surface area contributed by atoms with Gasteiger partial charge in [0.25, 0.3) is 0 Å².